The van der Waals surface area contributed by atoms with Crippen LogP contribution in [0.1, 0.15) is 18.2 Å². The zero-order chi connectivity index (χ0) is 13.4. The molecule has 1 amide bonds. The van der Waals surface area contributed by atoms with Crippen molar-refractivity contribution in [2.75, 3.05) is 12.9 Å². The summed E-state index contributed by atoms with van der Waals surface area (Å²) in [5, 5.41) is 4.91. The van der Waals surface area contributed by atoms with E-state index in [4.69, 9.17) is 0 Å². The lowest BCUT2D eigenvalue weighted by Gasteiger charge is -2.09. The molecular weight excluding hydrogens is 270 g/mol. The summed E-state index contributed by atoms with van der Waals surface area (Å²) in [5.41, 5.74) is 0. The SMILES string of the molecule is COC(=O)CC(C)SCC(=O)NCc1cccs1. The van der Waals surface area contributed by atoms with Gasteiger partial charge in [-0.1, -0.05) is 13.0 Å². The van der Waals surface area contributed by atoms with Gasteiger partial charge in [-0.15, -0.1) is 23.1 Å². The molecule has 0 radical (unpaired) electrons. The Bertz CT molecular complexity index is 379. The van der Waals surface area contributed by atoms with Crippen molar-refractivity contribution in [3.63, 3.8) is 0 Å². The molecule has 0 bridgehead atoms. The standard InChI is InChI=1S/C12H17NO3S2/c1-9(6-12(15)16-2)18-8-11(14)13-7-10-4-3-5-17-10/h3-5,9H,6-8H2,1-2H3,(H,13,14). The van der Waals surface area contributed by atoms with Crippen LogP contribution < -0.4 is 5.32 Å². The molecular formula is C12H17NO3S2. The Balaban J connectivity index is 2.14. The maximum Gasteiger partial charge on any atom is 0.306 e. The molecule has 6 heteroatoms. The molecule has 0 aliphatic heterocycles. The number of rotatable bonds is 7. The molecule has 1 heterocycles. The highest BCUT2D eigenvalue weighted by Gasteiger charge is 2.11. The number of esters is 1. The van der Waals surface area contributed by atoms with Crippen LogP contribution in [0.3, 0.4) is 0 Å². The van der Waals surface area contributed by atoms with E-state index in [-0.39, 0.29) is 17.1 Å². The van der Waals surface area contributed by atoms with Gasteiger partial charge in [0.15, 0.2) is 0 Å². The molecule has 0 fully saturated rings. The summed E-state index contributed by atoms with van der Waals surface area (Å²) in [6, 6.07) is 3.94. The van der Waals surface area contributed by atoms with Crippen molar-refractivity contribution in [2.45, 2.75) is 25.1 Å². The molecule has 100 valence electrons. The van der Waals surface area contributed by atoms with E-state index >= 15 is 0 Å². The van der Waals surface area contributed by atoms with Gasteiger partial charge in [-0.2, -0.15) is 0 Å². The summed E-state index contributed by atoms with van der Waals surface area (Å²) in [4.78, 5) is 23.7. The predicted molar refractivity (Wildman–Crippen MR) is 74.7 cm³/mol. The van der Waals surface area contributed by atoms with Gasteiger partial charge in [0.1, 0.15) is 0 Å². The van der Waals surface area contributed by atoms with Gasteiger partial charge in [-0.3, -0.25) is 9.59 Å². The number of carbonyl (C=O) groups excluding carboxylic acids is 2. The smallest absolute Gasteiger partial charge is 0.306 e. The Morgan fingerprint density at radius 3 is 2.94 bits per heavy atom. The highest BCUT2D eigenvalue weighted by molar-refractivity contribution is 8.00. The average Bonchev–Trinajstić information content (AvgIpc) is 2.86. The van der Waals surface area contributed by atoms with Crippen molar-refractivity contribution < 1.29 is 14.3 Å². The maximum absolute atomic E-state index is 11.6. The van der Waals surface area contributed by atoms with Gasteiger partial charge in [0.25, 0.3) is 0 Å². The molecule has 0 saturated heterocycles. The Kier molecular flexibility index (Phi) is 6.82. The van der Waals surface area contributed by atoms with Gasteiger partial charge >= 0.3 is 5.97 Å². The van der Waals surface area contributed by atoms with E-state index in [1.807, 2.05) is 24.4 Å². The first-order chi connectivity index (χ1) is 8.61. The Labute approximate surface area is 115 Å². The third kappa shape index (κ3) is 6.07. The first-order valence-corrected chi connectivity index (χ1v) is 7.52. The second-order valence-electron chi connectivity index (χ2n) is 3.76. The topological polar surface area (TPSA) is 55.4 Å². The minimum Gasteiger partial charge on any atom is -0.469 e. The van der Waals surface area contributed by atoms with Gasteiger partial charge in [0, 0.05) is 10.1 Å². The summed E-state index contributed by atoms with van der Waals surface area (Å²) in [6.45, 7) is 2.48. The van der Waals surface area contributed by atoms with Crippen LogP contribution in [-0.4, -0.2) is 30.0 Å². The second-order valence-corrected chi connectivity index (χ2v) is 6.22. The monoisotopic (exact) mass is 287 g/mol. The number of ether oxygens (including phenoxy) is 1. The predicted octanol–water partition coefficient (Wildman–Crippen LogP) is 2.05. The maximum atomic E-state index is 11.6. The number of methoxy groups -OCH3 is 1. The summed E-state index contributed by atoms with van der Waals surface area (Å²) in [6.07, 6.45) is 0.333. The molecule has 1 atom stereocenters. The lowest BCUT2D eigenvalue weighted by molar-refractivity contribution is -0.140. The van der Waals surface area contributed by atoms with Crippen molar-refractivity contribution in [1.29, 1.82) is 0 Å². The number of amides is 1. The van der Waals surface area contributed by atoms with Crippen molar-refractivity contribution in [1.82, 2.24) is 5.32 Å². The van der Waals surface area contributed by atoms with E-state index in [2.05, 4.69) is 10.1 Å². The lowest BCUT2D eigenvalue weighted by Crippen LogP contribution is -2.25. The largest absolute Gasteiger partial charge is 0.469 e. The molecule has 1 unspecified atom stereocenters. The van der Waals surface area contributed by atoms with Gasteiger partial charge in [0.05, 0.1) is 25.8 Å². The minimum atomic E-state index is -0.242. The number of nitrogens with one attached hydrogen (secondary N) is 1. The molecule has 0 aromatic carbocycles. The minimum absolute atomic E-state index is 0.00915. The van der Waals surface area contributed by atoms with E-state index in [9.17, 15) is 9.59 Å². The molecule has 4 nitrogen and oxygen atoms in total. The molecule has 0 saturated carbocycles. The van der Waals surface area contributed by atoms with Gasteiger partial charge < -0.3 is 10.1 Å². The quantitative estimate of drug-likeness (QED) is 0.780. The summed E-state index contributed by atoms with van der Waals surface area (Å²) >= 11 is 3.07. The van der Waals surface area contributed by atoms with Crippen LogP contribution in [0.25, 0.3) is 0 Å². The van der Waals surface area contributed by atoms with Gasteiger partial charge in [-0.25, -0.2) is 0 Å². The van der Waals surface area contributed by atoms with Gasteiger partial charge in [-0.05, 0) is 11.4 Å². The first kappa shape index (κ1) is 15.0. The number of carbonyl (C=O) groups is 2. The lowest BCUT2D eigenvalue weighted by atomic mass is 10.3. The van der Waals surface area contributed by atoms with E-state index in [1.54, 1.807) is 11.3 Å². The van der Waals surface area contributed by atoms with Crippen LogP contribution in [0.15, 0.2) is 17.5 Å². The third-order valence-electron chi connectivity index (χ3n) is 2.22. The molecule has 1 aromatic heterocycles. The second kappa shape index (κ2) is 8.16. The van der Waals surface area contributed by atoms with Crippen LogP contribution >= 0.6 is 23.1 Å². The van der Waals surface area contributed by atoms with Crippen LogP contribution in [0.2, 0.25) is 0 Å². The Hall–Kier alpha value is -1.01. The normalized spacial score (nSPS) is 11.9. The molecule has 0 spiro atoms. The molecule has 1 rings (SSSR count). The van der Waals surface area contributed by atoms with Crippen LogP contribution in [0, 0.1) is 0 Å². The Morgan fingerprint density at radius 2 is 2.33 bits per heavy atom. The van der Waals surface area contributed by atoms with Crippen LogP contribution in [0.5, 0.6) is 0 Å². The van der Waals surface area contributed by atoms with Crippen molar-refractivity contribution in [2.24, 2.45) is 0 Å². The van der Waals surface area contributed by atoms with Crippen molar-refractivity contribution >= 4 is 35.0 Å². The van der Waals surface area contributed by atoms with Crippen molar-refractivity contribution in [3.05, 3.63) is 22.4 Å². The summed E-state index contributed by atoms with van der Waals surface area (Å²) in [7, 11) is 1.37. The highest BCUT2D eigenvalue weighted by atomic mass is 32.2. The average molecular weight is 287 g/mol. The highest BCUT2D eigenvalue weighted by Crippen LogP contribution is 2.14. The zero-order valence-electron chi connectivity index (χ0n) is 10.5. The molecule has 1 aromatic rings. The third-order valence-corrected chi connectivity index (χ3v) is 4.26. The molecule has 0 aliphatic rings. The Morgan fingerprint density at radius 1 is 1.56 bits per heavy atom. The van der Waals surface area contributed by atoms with E-state index < -0.39 is 0 Å². The van der Waals surface area contributed by atoms with Gasteiger partial charge in [0.2, 0.25) is 5.91 Å². The molecule has 0 aliphatic carbocycles. The van der Waals surface area contributed by atoms with Crippen LogP contribution in [-0.2, 0) is 20.9 Å². The van der Waals surface area contributed by atoms with E-state index in [0.29, 0.717) is 18.7 Å². The summed E-state index contributed by atoms with van der Waals surface area (Å²) in [5.74, 6) is 0.114. The van der Waals surface area contributed by atoms with E-state index in [0.717, 1.165) is 4.88 Å². The summed E-state index contributed by atoms with van der Waals surface area (Å²) < 4.78 is 4.57. The fourth-order valence-electron chi connectivity index (χ4n) is 1.24. The number of hydrogen-bond donors (Lipinski definition) is 1. The fourth-order valence-corrected chi connectivity index (χ4v) is 2.68. The fraction of sp³-hybridized carbons (Fsp3) is 0.500. The number of hydrogen-bond acceptors (Lipinski definition) is 5. The molecule has 18 heavy (non-hydrogen) atoms. The van der Waals surface area contributed by atoms with E-state index in [1.165, 1.54) is 18.9 Å². The zero-order valence-corrected chi connectivity index (χ0v) is 12.1. The number of thiophene rings is 1. The van der Waals surface area contributed by atoms with Crippen LogP contribution in [0.4, 0.5) is 0 Å². The van der Waals surface area contributed by atoms with Crippen molar-refractivity contribution in [3.8, 4) is 0 Å². The molecule has 1 N–H and O–H groups in total. The first-order valence-electron chi connectivity index (χ1n) is 5.59. The number of thioether (sulfide) groups is 1.